The maximum absolute atomic E-state index is 11.5. The number of rotatable bonds is 5. The summed E-state index contributed by atoms with van der Waals surface area (Å²) in [6, 6.07) is 7.06. The third-order valence-electron chi connectivity index (χ3n) is 2.47. The van der Waals surface area contributed by atoms with Crippen molar-refractivity contribution in [3.63, 3.8) is 0 Å². The van der Waals surface area contributed by atoms with Crippen molar-refractivity contribution in [2.24, 2.45) is 0 Å². The lowest BCUT2D eigenvalue weighted by molar-refractivity contribution is -0.119. The molecule has 3 N–H and O–H groups in total. The monoisotopic (exact) mass is 293 g/mol. The second-order valence-electron chi connectivity index (χ2n) is 4.36. The first-order valence-electron chi connectivity index (χ1n) is 6.49. The van der Waals surface area contributed by atoms with Crippen molar-refractivity contribution in [1.29, 1.82) is 0 Å². The molecule has 6 heteroatoms. The summed E-state index contributed by atoms with van der Waals surface area (Å²) in [7, 11) is 0. The fraction of sp³-hybridized carbons (Fsp3) is 0.357. The van der Waals surface area contributed by atoms with Crippen LogP contribution in [0.5, 0.6) is 0 Å². The fourth-order valence-electron chi connectivity index (χ4n) is 1.53. The van der Waals surface area contributed by atoms with E-state index in [1.165, 1.54) is 6.92 Å². The van der Waals surface area contributed by atoms with Crippen LogP contribution < -0.4 is 16.0 Å². The van der Waals surface area contributed by atoms with Crippen molar-refractivity contribution in [2.45, 2.75) is 33.1 Å². The molecule has 0 fully saturated rings. The van der Waals surface area contributed by atoms with Gasteiger partial charge in [0.2, 0.25) is 11.8 Å². The minimum Gasteiger partial charge on any atom is -0.332 e. The van der Waals surface area contributed by atoms with Gasteiger partial charge < -0.3 is 16.0 Å². The third-order valence-corrected chi connectivity index (χ3v) is 2.68. The molecule has 0 radical (unpaired) electrons. The van der Waals surface area contributed by atoms with Crippen LogP contribution in [0.1, 0.15) is 33.1 Å². The molecule has 1 aromatic carbocycles. The molecular formula is C14H19N3O2S. The molecule has 0 aromatic heterocycles. The molecular weight excluding hydrogens is 274 g/mol. The second-order valence-corrected chi connectivity index (χ2v) is 4.77. The van der Waals surface area contributed by atoms with Crippen molar-refractivity contribution < 1.29 is 9.59 Å². The molecule has 0 bridgehead atoms. The molecule has 0 heterocycles. The van der Waals surface area contributed by atoms with Gasteiger partial charge in [0.15, 0.2) is 5.11 Å². The fourth-order valence-corrected chi connectivity index (χ4v) is 1.76. The van der Waals surface area contributed by atoms with E-state index in [0.29, 0.717) is 12.1 Å². The summed E-state index contributed by atoms with van der Waals surface area (Å²) in [5.41, 5.74) is 1.46. The van der Waals surface area contributed by atoms with Gasteiger partial charge in [0.25, 0.3) is 0 Å². The van der Waals surface area contributed by atoms with Crippen LogP contribution in [0.15, 0.2) is 24.3 Å². The molecule has 0 unspecified atom stereocenters. The Balaban J connectivity index is 2.45. The number of benzene rings is 1. The molecule has 108 valence electrons. The molecule has 1 aromatic rings. The average molecular weight is 293 g/mol. The third kappa shape index (κ3) is 6.29. The molecule has 0 aliphatic heterocycles. The molecule has 1 rings (SSSR count). The second kappa shape index (κ2) is 8.27. The van der Waals surface area contributed by atoms with Gasteiger partial charge in [-0.2, -0.15) is 0 Å². The number of amides is 2. The maximum atomic E-state index is 11.5. The van der Waals surface area contributed by atoms with Crippen LogP contribution in [-0.4, -0.2) is 16.9 Å². The predicted octanol–water partition coefficient (Wildman–Crippen LogP) is 2.65. The Morgan fingerprint density at radius 2 is 1.65 bits per heavy atom. The minimum atomic E-state index is -0.121. The highest BCUT2D eigenvalue weighted by Gasteiger charge is 2.04. The van der Waals surface area contributed by atoms with E-state index in [4.69, 9.17) is 12.2 Å². The zero-order chi connectivity index (χ0) is 15.0. The topological polar surface area (TPSA) is 70.2 Å². The molecule has 0 saturated carbocycles. The molecule has 0 aliphatic carbocycles. The van der Waals surface area contributed by atoms with E-state index in [1.807, 2.05) is 6.92 Å². The van der Waals surface area contributed by atoms with E-state index in [2.05, 4.69) is 16.0 Å². The van der Waals surface area contributed by atoms with Gasteiger partial charge in [0.1, 0.15) is 0 Å². The number of anilines is 2. The molecule has 20 heavy (non-hydrogen) atoms. The highest BCUT2D eigenvalue weighted by Crippen LogP contribution is 2.13. The Bertz CT molecular complexity index is 486. The van der Waals surface area contributed by atoms with Gasteiger partial charge in [0, 0.05) is 24.7 Å². The largest absolute Gasteiger partial charge is 0.332 e. The summed E-state index contributed by atoms with van der Waals surface area (Å²) in [6.07, 6.45) is 2.29. The standard InChI is InChI=1S/C14H19N3O2S/c1-3-4-5-13(19)17-14(20)16-12-8-6-11(7-9-12)15-10(2)18/h6-9H,3-5H2,1-2H3,(H,15,18)(H2,16,17,19,20). The Labute approximate surface area is 124 Å². The first-order valence-corrected chi connectivity index (χ1v) is 6.90. The molecule has 5 nitrogen and oxygen atoms in total. The lowest BCUT2D eigenvalue weighted by Crippen LogP contribution is -2.33. The summed E-state index contributed by atoms with van der Waals surface area (Å²) < 4.78 is 0. The summed E-state index contributed by atoms with van der Waals surface area (Å²) in [5, 5.41) is 8.49. The van der Waals surface area contributed by atoms with Crippen LogP contribution in [0.4, 0.5) is 11.4 Å². The van der Waals surface area contributed by atoms with Crippen molar-refractivity contribution >= 4 is 40.5 Å². The van der Waals surface area contributed by atoms with Crippen LogP contribution in [-0.2, 0) is 9.59 Å². The summed E-state index contributed by atoms with van der Waals surface area (Å²) in [4.78, 5) is 22.4. The number of carbonyl (C=O) groups excluding carboxylic acids is 2. The average Bonchev–Trinajstić information content (AvgIpc) is 2.38. The Hall–Kier alpha value is -1.95. The highest BCUT2D eigenvalue weighted by molar-refractivity contribution is 7.80. The Morgan fingerprint density at radius 1 is 1.10 bits per heavy atom. The number of unbranched alkanes of at least 4 members (excludes halogenated alkanes) is 1. The first kappa shape index (κ1) is 16.1. The first-order chi connectivity index (χ1) is 9.51. The number of thiocarbonyl (C=S) groups is 1. The number of nitrogens with one attached hydrogen (secondary N) is 3. The van der Waals surface area contributed by atoms with E-state index in [1.54, 1.807) is 24.3 Å². The zero-order valence-corrected chi connectivity index (χ0v) is 12.5. The van der Waals surface area contributed by atoms with Gasteiger partial charge in [-0.3, -0.25) is 9.59 Å². The smallest absolute Gasteiger partial charge is 0.226 e. The number of hydrogen-bond acceptors (Lipinski definition) is 3. The van der Waals surface area contributed by atoms with Crippen molar-refractivity contribution in [1.82, 2.24) is 5.32 Å². The van der Waals surface area contributed by atoms with E-state index >= 15 is 0 Å². The summed E-state index contributed by atoms with van der Waals surface area (Å²) in [5.74, 6) is -0.205. The Morgan fingerprint density at radius 3 is 2.15 bits per heavy atom. The normalized spacial score (nSPS) is 9.70. The number of carbonyl (C=O) groups is 2. The van der Waals surface area contributed by atoms with E-state index in [-0.39, 0.29) is 16.9 Å². The lowest BCUT2D eigenvalue weighted by Gasteiger charge is -2.10. The molecule has 2 amide bonds. The van der Waals surface area contributed by atoms with Crippen LogP contribution in [0, 0.1) is 0 Å². The highest BCUT2D eigenvalue weighted by atomic mass is 32.1. The molecule has 0 aliphatic rings. The van der Waals surface area contributed by atoms with E-state index in [0.717, 1.165) is 18.5 Å². The van der Waals surface area contributed by atoms with Crippen LogP contribution >= 0.6 is 12.2 Å². The van der Waals surface area contributed by atoms with Crippen LogP contribution in [0.2, 0.25) is 0 Å². The summed E-state index contributed by atoms with van der Waals surface area (Å²) in [6.45, 7) is 3.48. The zero-order valence-electron chi connectivity index (χ0n) is 11.7. The maximum Gasteiger partial charge on any atom is 0.226 e. The van der Waals surface area contributed by atoms with Gasteiger partial charge in [0.05, 0.1) is 0 Å². The van der Waals surface area contributed by atoms with Gasteiger partial charge in [-0.25, -0.2) is 0 Å². The number of hydrogen-bond donors (Lipinski definition) is 3. The van der Waals surface area contributed by atoms with Gasteiger partial charge in [-0.1, -0.05) is 13.3 Å². The van der Waals surface area contributed by atoms with Gasteiger partial charge in [-0.15, -0.1) is 0 Å². The molecule has 0 saturated heterocycles. The SMILES string of the molecule is CCCCC(=O)NC(=S)Nc1ccc(NC(C)=O)cc1. The predicted molar refractivity (Wildman–Crippen MR) is 84.6 cm³/mol. The van der Waals surface area contributed by atoms with E-state index in [9.17, 15) is 9.59 Å². The van der Waals surface area contributed by atoms with Crippen molar-refractivity contribution in [3.8, 4) is 0 Å². The Kier molecular flexibility index (Phi) is 6.66. The quantitative estimate of drug-likeness (QED) is 0.730. The van der Waals surface area contributed by atoms with E-state index < -0.39 is 0 Å². The molecule has 0 atom stereocenters. The summed E-state index contributed by atoms with van der Waals surface area (Å²) >= 11 is 5.05. The van der Waals surface area contributed by atoms with Crippen LogP contribution in [0.3, 0.4) is 0 Å². The van der Waals surface area contributed by atoms with Crippen LogP contribution in [0.25, 0.3) is 0 Å². The molecule has 0 spiro atoms. The van der Waals surface area contributed by atoms with Crippen molar-refractivity contribution in [3.05, 3.63) is 24.3 Å². The minimum absolute atomic E-state index is 0.0841. The van der Waals surface area contributed by atoms with Gasteiger partial charge in [-0.05, 0) is 42.9 Å². The van der Waals surface area contributed by atoms with Gasteiger partial charge >= 0.3 is 0 Å². The van der Waals surface area contributed by atoms with Crippen molar-refractivity contribution in [2.75, 3.05) is 10.6 Å². The lowest BCUT2D eigenvalue weighted by atomic mass is 10.2.